The van der Waals surface area contributed by atoms with Crippen LogP contribution in [-0.4, -0.2) is 17.3 Å². The van der Waals surface area contributed by atoms with Gasteiger partial charge in [0.05, 0.1) is 0 Å². The van der Waals surface area contributed by atoms with Gasteiger partial charge in [-0.05, 0) is 31.9 Å². The van der Waals surface area contributed by atoms with E-state index in [-0.39, 0.29) is 11.9 Å². The summed E-state index contributed by atoms with van der Waals surface area (Å²) in [5.74, 6) is -0.152. The van der Waals surface area contributed by atoms with Gasteiger partial charge in [0.2, 0.25) is 5.91 Å². The third-order valence-corrected chi connectivity index (χ3v) is 2.80. The Morgan fingerprint density at radius 1 is 1.38 bits per heavy atom. The van der Waals surface area contributed by atoms with Gasteiger partial charge in [0.1, 0.15) is 5.38 Å². The number of alkyl halides is 1. The zero-order valence-electron chi connectivity index (χ0n) is 9.34. The van der Waals surface area contributed by atoms with E-state index < -0.39 is 5.38 Å². The predicted octanol–water partition coefficient (Wildman–Crippen LogP) is 3.01. The summed E-state index contributed by atoms with van der Waals surface area (Å²) in [7, 11) is 0. The molecular formula is C12H15Cl2NO. The van der Waals surface area contributed by atoms with Crippen molar-refractivity contribution in [3.05, 3.63) is 34.9 Å². The van der Waals surface area contributed by atoms with Crippen molar-refractivity contribution in [1.82, 2.24) is 5.32 Å². The fourth-order valence-corrected chi connectivity index (χ4v) is 1.68. The highest BCUT2D eigenvalue weighted by Gasteiger charge is 2.13. The Balaban J connectivity index is 2.55. The minimum atomic E-state index is -0.506. The number of halogens is 2. The Kier molecular flexibility index (Phi) is 5.10. The first-order valence-electron chi connectivity index (χ1n) is 5.18. The highest BCUT2D eigenvalue weighted by atomic mass is 35.5. The van der Waals surface area contributed by atoms with E-state index >= 15 is 0 Å². The first-order chi connectivity index (χ1) is 7.50. The van der Waals surface area contributed by atoms with Gasteiger partial charge < -0.3 is 5.32 Å². The first-order valence-corrected chi connectivity index (χ1v) is 6.00. The summed E-state index contributed by atoms with van der Waals surface area (Å²) in [4.78, 5) is 11.4. The molecule has 2 unspecified atom stereocenters. The number of carbonyl (C=O) groups is 1. The molecule has 1 aromatic carbocycles. The van der Waals surface area contributed by atoms with Gasteiger partial charge in [-0.1, -0.05) is 29.8 Å². The molecule has 0 aliphatic carbocycles. The van der Waals surface area contributed by atoms with Crippen LogP contribution in [0, 0.1) is 0 Å². The maximum absolute atomic E-state index is 11.4. The molecule has 1 N–H and O–H groups in total. The van der Waals surface area contributed by atoms with E-state index in [0.29, 0.717) is 6.42 Å². The van der Waals surface area contributed by atoms with Gasteiger partial charge in [0.25, 0.3) is 0 Å². The Bertz CT molecular complexity index is 366. The van der Waals surface area contributed by atoms with Crippen molar-refractivity contribution in [1.29, 1.82) is 0 Å². The highest BCUT2D eigenvalue weighted by molar-refractivity contribution is 6.31. The summed E-state index contributed by atoms with van der Waals surface area (Å²) < 4.78 is 0. The van der Waals surface area contributed by atoms with E-state index in [1.54, 1.807) is 6.92 Å². The van der Waals surface area contributed by atoms with Crippen molar-refractivity contribution < 1.29 is 4.79 Å². The molecule has 0 heterocycles. The minimum absolute atomic E-state index is 0.0219. The maximum atomic E-state index is 11.4. The summed E-state index contributed by atoms with van der Waals surface area (Å²) in [6.07, 6.45) is 0.703. The molecule has 1 rings (SSSR count). The standard InChI is InChI=1S/C12H15Cl2NO/c1-8(15-12(16)9(2)13)7-10-5-3-4-6-11(10)14/h3-6,8-9H,7H2,1-2H3,(H,15,16). The maximum Gasteiger partial charge on any atom is 0.237 e. The first kappa shape index (κ1) is 13.3. The number of carbonyl (C=O) groups excluding carboxylic acids is 1. The third kappa shape index (κ3) is 4.03. The quantitative estimate of drug-likeness (QED) is 0.828. The second kappa shape index (κ2) is 6.12. The number of hydrogen-bond acceptors (Lipinski definition) is 1. The molecule has 0 aromatic heterocycles. The van der Waals surface area contributed by atoms with E-state index in [9.17, 15) is 4.79 Å². The van der Waals surface area contributed by atoms with E-state index in [2.05, 4.69) is 5.32 Å². The monoisotopic (exact) mass is 259 g/mol. The van der Waals surface area contributed by atoms with Gasteiger partial charge in [-0.2, -0.15) is 0 Å². The van der Waals surface area contributed by atoms with E-state index in [1.165, 1.54) is 0 Å². The lowest BCUT2D eigenvalue weighted by atomic mass is 10.1. The average Bonchev–Trinajstić information content (AvgIpc) is 2.21. The normalized spacial score (nSPS) is 14.2. The Morgan fingerprint density at radius 2 is 2.00 bits per heavy atom. The SMILES string of the molecule is CC(Cc1ccccc1Cl)NC(=O)C(C)Cl. The zero-order valence-corrected chi connectivity index (χ0v) is 10.8. The fourth-order valence-electron chi connectivity index (χ4n) is 1.40. The third-order valence-electron chi connectivity index (χ3n) is 2.23. The molecule has 88 valence electrons. The Labute approximate surface area is 106 Å². The summed E-state index contributed by atoms with van der Waals surface area (Å²) >= 11 is 11.7. The highest BCUT2D eigenvalue weighted by Crippen LogP contribution is 2.16. The van der Waals surface area contributed by atoms with Crippen molar-refractivity contribution in [2.24, 2.45) is 0 Å². The van der Waals surface area contributed by atoms with Crippen molar-refractivity contribution in [2.45, 2.75) is 31.7 Å². The lowest BCUT2D eigenvalue weighted by molar-refractivity contribution is -0.121. The van der Waals surface area contributed by atoms with Crippen LogP contribution in [0.3, 0.4) is 0 Å². The topological polar surface area (TPSA) is 29.1 Å². The lowest BCUT2D eigenvalue weighted by Gasteiger charge is -2.15. The number of hydrogen-bond donors (Lipinski definition) is 1. The van der Waals surface area contributed by atoms with Crippen molar-refractivity contribution in [2.75, 3.05) is 0 Å². The average molecular weight is 260 g/mol. The number of nitrogens with one attached hydrogen (secondary N) is 1. The van der Waals surface area contributed by atoms with Crippen LogP contribution in [0.1, 0.15) is 19.4 Å². The van der Waals surface area contributed by atoms with Gasteiger partial charge in [-0.15, -0.1) is 11.6 Å². The van der Waals surface area contributed by atoms with E-state index in [4.69, 9.17) is 23.2 Å². The van der Waals surface area contributed by atoms with Crippen molar-refractivity contribution >= 4 is 29.1 Å². The molecule has 1 aromatic rings. The fraction of sp³-hybridized carbons (Fsp3) is 0.417. The predicted molar refractivity (Wildman–Crippen MR) is 68.1 cm³/mol. The molecule has 0 bridgehead atoms. The molecule has 1 amide bonds. The second-order valence-electron chi connectivity index (χ2n) is 3.82. The minimum Gasteiger partial charge on any atom is -0.352 e. The molecule has 0 aliphatic rings. The summed E-state index contributed by atoms with van der Waals surface area (Å²) in [5, 5.41) is 3.04. The molecule has 0 saturated heterocycles. The van der Waals surface area contributed by atoms with Gasteiger partial charge >= 0.3 is 0 Å². The molecular weight excluding hydrogens is 245 g/mol. The van der Waals surface area contributed by atoms with E-state index in [1.807, 2.05) is 31.2 Å². The number of rotatable bonds is 4. The zero-order chi connectivity index (χ0) is 12.1. The molecule has 2 atom stereocenters. The van der Waals surface area contributed by atoms with Crippen LogP contribution in [0.4, 0.5) is 0 Å². The Morgan fingerprint density at radius 3 is 2.56 bits per heavy atom. The molecule has 0 spiro atoms. The van der Waals surface area contributed by atoms with E-state index in [0.717, 1.165) is 10.6 Å². The summed E-state index contributed by atoms with van der Waals surface area (Å²) in [6.45, 7) is 3.58. The molecule has 0 radical (unpaired) electrons. The van der Waals surface area contributed by atoms with Gasteiger partial charge in [-0.3, -0.25) is 4.79 Å². The van der Waals surface area contributed by atoms with Crippen LogP contribution in [0.25, 0.3) is 0 Å². The smallest absolute Gasteiger partial charge is 0.237 e. The number of benzene rings is 1. The van der Waals surface area contributed by atoms with Gasteiger partial charge in [-0.25, -0.2) is 0 Å². The Hall–Kier alpha value is -0.730. The molecule has 0 aliphatic heterocycles. The van der Waals surface area contributed by atoms with Crippen LogP contribution in [0.15, 0.2) is 24.3 Å². The van der Waals surface area contributed by atoms with Crippen LogP contribution >= 0.6 is 23.2 Å². The van der Waals surface area contributed by atoms with Gasteiger partial charge in [0.15, 0.2) is 0 Å². The van der Waals surface area contributed by atoms with Crippen molar-refractivity contribution in [3.63, 3.8) is 0 Å². The molecule has 4 heteroatoms. The van der Waals surface area contributed by atoms with Crippen LogP contribution in [0.5, 0.6) is 0 Å². The summed E-state index contributed by atoms with van der Waals surface area (Å²) in [5.41, 5.74) is 1.03. The second-order valence-corrected chi connectivity index (χ2v) is 4.88. The molecule has 0 fully saturated rings. The molecule has 16 heavy (non-hydrogen) atoms. The molecule has 2 nitrogen and oxygen atoms in total. The van der Waals surface area contributed by atoms with Gasteiger partial charge in [0, 0.05) is 11.1 Å². The van der Waals surface area contributed by atoms with Crippen molar-refractivity contribution in [3.8, 4) is 0 Å². The van der Waals surface area contributed by atoms with Crippen LogP contribution in [-0.2, 0) is 11.2 Å². The molecule has 0 saturated carbocycles. The number of amides is 1. The lowest BCUT2D eigenvalue weighted by Crippen LogP contribution is -2.38. The summed E-state index contributed by atoms with van der Waals surface area (Å²) in [6, 6.07) is 7.63. The van der Waals surface area contributed by atoms with Crippen LogP contribution in [0.2, 0.25) is 5.02 Å². The van der Waals surface area contributed by atoms with Crippen LogP contribution < -0.4 is 5.32 Å². The largest absolute Gasteiger partial charge is 0.352 e.